The number of nitrogens with one attached hydrogen (secondary N) is 1. The maximum atomic E-state index is 13.5. The van der Waals surface area contributed by atoms with E-state index in [1.165, 1.54) is 23.7 Å². The number of para-hydroxylation sites is 1. The van der Waals surface area contributed by atoms with Crippen LogP contribution in [0.15, 0.2) is 30.6 Å². The number of nitrogens with zero attached hydrogens (tertiary/aromatic N) is 3. The number of halogens is 2. The molecular formula is C11H6ClFN4S. The van der Waals surface area contributed by atoms with Gasteiger partial charge in [-0.2, -0.15) is 0 Å². The zero-order valence-corrected chi connectivity index (χ0v) is 10.5. The number of aromatic nitrogens is 3. The van der Waals surface area contributed by atoms with E-state index in [4.69, 9.17) is 11.6 Å². The number of thiazole rings is 1. The number of benzene rings is 1. The van der Waals surface area contributed by atoms with Gasteiger partial charge in [-0.15, -0.1) is 0 Å². The maximum Gasteiger partial charge on any atom is 0.189 e. The Morgan fingerprint density at radius 3 is 2.83 bits per heavy atom. The molecule has 0 fully saturated rings. The Bertz CT molecular complexity index is 715. The third-order valence-corrected chi connectivity index (χ3v) is 3.42. The van der Waals surface area contributed by atoms with Gasteiger partial charge in [0.05, 0.1) is 5.69 Å². The van der Waals surface area contributed by atoms with Crippen LogP contribution in [0.1, 0.15) is 0 Å². The molecule has 0 aliphatic heterocycles. The first kappa shape index (κ1) is 11.3. The van der Waals surface area contributed by atoms with Crippen molar-refractivity contribution in [1.82, 2.24) is 15.0 Å². The summed E-state index contributed by atoms with van der Waals surface area (Å²) in [6, 6.07) is 6.38. The van der Waals surface area contributed by atoms with Crippen LogP contribution in [0.3, 0.4) is 0 Å². The molecule has 0 radical (unpaired) electrons. The smallest absolute Gasteiger partial charge is 0.189 e. The van der Waals surface area contributed by atoms with Gasteiger partial charge in [0.2, 0.25) is 0 Å². The summed E-state index contributed by atoms with van der Waals surface area (Å²) in [5.74, 6) is -0.339. The maximum absolute atomic E-state index is 13.5. The highest BCUT2D eigenvalue weighted by molar-refractivity contribution is 7.21. The quantitative estimate of drug-likeness (QED) is 0.729. The molecule has 0 bridgehead atoms. The summed E-state index contributed by atoms with van der Waals surface area (Å²) in [4.78, 5) is 12.8. The van der Waals surface area contributed by atoms with E-state index in [1.54, 1.807) is 18.2 Å². The largest absolute Gasteiger partial charge is 0.329 e. The molecule has 3 rings (SSSR count). The predicted molar refractivity (Wildman–Crippen MR) is 69.9 cm³/mol. The van der Waals surface area contributed by atoms with E-state index in [2.05, 4.69) is 20.3 Å². The van der Waals surface area contributed by atoms with E-state index in [-0.39, 0.29) is 11.0 Å². The monoisotopic (exact) mass is 280 g/mol. The van der Waals surface area contributed by atoms with Crippen LogP contribution in [-0.4, -0.2) is 15.0 Å². The van der Waals surface area contributed by atoms with Crippen LogP contribution < -0.4 is 5.32 Å². The second kappa shape index (κ2) is 4.47. The fourth-order valence-corrected chi connectivity index (χ4v) is 2.51. The lowest BCUT2D eigenvalue weighted by atomic mass is 10.3. The lowest BCUT2D eigenvalue weighted by Gasteiger charge is -2.02. The number of fused-ring (bicyclic) bond motifs is 1. The van der Waals surface area contributed by atoms with E-state index in [1.807, 2.05) is 0 Å². The zero-order valence-electron chi connectivity index (χ0n) is 8.89. The van der Waals surface area contributed by atoms with Crippen molar-refractivity contribution in [2.45, 2.75) is 0 Å². The highest BCUT2D eigenvalue weighted by Gasteiger charge is 2.10. The van der Waals surface area contributed by atoms with Gasteiger partial charge in [-0.1, -0.05) is 35.1 Å². The van der Waals surface area contributed by atoms with Gasteiger partial charge in [-0.25, -0.2) is 19.3 Å². The van der Waals surface area contributed by atoms with Gasteiger partial charge in [0.15, 0.2) is 10.3 Å². The molecular weight excluding hydrogens is 275 g/mol. The average Bonchev–Trinajstić information content (AvgIpc) is 2.76. The second-order valence-electron chi connectivity index (χ2n) is 3.44. The highest BCUT2D eigenvalue weighted by Crippen LogP contribution is 2.30. The van der Waals surface area contributed by atoms with Crippen molar-refractivity contribution >= 4 is 44.1 Å². The molecule has 2 aromatic heterocycles. The first-order valence-electron chi connectivity index (χ1n) is 5.02. The topological polar surface area (TPSA) is 50.7 Å². The van der Waals surface area contributed by atoms with E-state index in [9.17, 15) is 4.39 Å². The molecule has 0 unspecified atom stereocenters. The van der Waals surface area contributed by atoms with Crippen LogP contribution in [0.25, 0.3) is 10.3 Å². The molecule has 0 saturated heterocycles. The van der Waals surface area contributed by atoms with Gasteiger partial charge in [-0.05, 0) is 12.1 Å². The van der Waals surface area contributed by atoms with Gasteiger partial charge in [0.1, 0.15) is 22.5 Å². The number of hydrogen-bond donors (Lipinski definition) is 1. The normalized spacial score (nSPS) is 10.8. The summed E-state index contributed by atoms with van der Waals surface area (Å²) in [5, 5.41) is 3.71. The zero-order chi connectivity index (χ0) is 12.5. The lowest BCUT2D eigenvalue weighted by molar-refractivity contribution is 0.632. The predicted octanol–water partition coefficient (Wildman–Crippen LogP) is 3.62. The van der Waals surface area contributed by atoms with Gasteiger partial charge in [0, 0.05) is 0 Å². The summed E-state index contributed by atoms with van der Waals surface area (Å²) < 4.78 is 13.5. The van der Waals surface area contributed by atoms with Crippen LogP contribution in [0.2, 0.25) is 5.15 Å². The van der Waals surface area contributed by atoms with Crippen LogP contribution >= 0.6 is 22.9 Å². The minimum atomic E-state index is -0.339. The van der Waals surface area contributed by atoms with Crippen molar-refractivity contribution in [2.24, 2.45) is 0 Å². The molecule has 4 nitrogen and oxygen atoms in total. The fraction of sp³-hybridized carbons (Fsp3) is 0. The Labute approximate surface area is 110 Å². The number of rotatable bonds is 2. The van der Waals surface area contributed by atoms with Crippen LogP contribution in [-0.2, 0) is 0 Å². The van der Waals surface area contributed by atoms with Crippen molar-refractivity contribution in [3.8, 4) is 0 Å². The number of hydrogen-bond acceptors (Lipinski definition) is 5. The minimum Gasteiger partial charge on any atom is -0.329 e. The molecule has 18 heavy (non-hydrogen) atoms. The summed E-state index contributed by atoms with van der Waals surface area (Å²) in [6.07, 6.45) is 1.37. The lowest BCUT2D eigenvalue weighted by Crippen LogP contribution is -1.92. The van der Waals surface area contributed by atoms with Crippen molar-refractivity contribution in [1.29, 1.82) is 0 Å². The van der Waals surface area contributed by atoms with Crippen molar-refractivity contribution < 1.29 is 4.39 Å². The van der Waals surface area contributed by atoms with Gasteiger partial charge in [-0.3, -0.25) is 0 Å². The Morgan fingerprint density at radius 2 is 2.06 bits per heavy atom. The molecule has 0 amide bonds. The standard InChI is InChI=1S/C11H6ClFN4S/c12-9-8-10(15-5-14-9)18-11(17-8)16-7-4-2-1-3-6(7)13/h1-5H,(H,16,17). The average molecular weight is 281 g/mol. The SMILES string of the molecule is Fc1ccccc1Nc1nc2c(Cl)ncnc2s1. The van der Waals surface area contributed by atoms with E-state index >= 15 is 0 Å². The molecule has 1 N–H and O–H groups in total. The fourth-order valence-electron chi connectivity index (χ4n) is 1.46. The Hall–Kier alpha value is -1.79. The van der Waals surface area contributed by atoms with Crippen LogP contribution in [0.5, 0.6) is 0 Å². The molecule has 3 aromatic rings. The summed E-state index contributed by atoms with van der Waals surface area (Å²) in [5.41, 5.74) is 0.878. The molecule has 90 valence electrons. The minimum absolute atomic E-state index is 0.290. The molecule has 7 heteroatoms. The molecule has 0 saturated carbocycles. The number of anilines is 2. The van der Waals surface area contributed by atoms with Crippen LogP contribution in [0.4, 0.5) is 15.2 Å². The Morgan fingerprint density at radius 1 is 1.22 bits per heavy atom. The van der Waals surface area contributed by atoms with Gasteiger partial charge < -0.3 is 5.32 Å². The van der Waals surface area contributed by atoms with Gasteiger partial charge >= 0.3 is 0 Å². The van der Waals surface area contributed by atoms with Crippen LogP contribution in [0, 0.1) is 5.82 Å². The summed E-state index contributed by atoms with van der Waals surface area (Å²) >= 11 is 7.19. The van der Waals surface area contributed by atoms with Crippen molar-refractivity contribution in [3.05, 3.63) is 41.6 Å². The van der Waals surface area contributed by atoms with Crippen molar-refractivity contribution in [3.63, 3.8) is 0 Å². The molecule has 0 spiro atoms. The van der Waals surface area contributed by atoms with Crippen molar-refractivity contribution in [2.75, 3.05) is 5.32 Å². The summed E-state index contributed by atoms with van der Waals surface area (Å²) in [7, 11) is 0. The van der Waals surface area contributed by atoms with Gasteiger partial charge in [0.25, 0.3) is 0 Å². The molecule has 1 aromatic carbocycles. The Balaban J connectivity index is 2.01. The first-order valence-corrected chi connectivity index (χ1v) is 6.22. The highest BCUT2D eigenvalue weighted by atomic mass is 35.5. The second-order valence-corrected chi connectivity index (χ2v) is 4.78. The molecule has 0 aliphatic rings. The third-order valence-electron chi connectivity index (χ3n) is 2.27. The van der Waals surface area contributed by atoms with E-state index in [0.717, 1.165) is 0 Å². The molecule has 0 aliphatic carbocycles. The molecule has 2 heterocycles. The third kappa shape index (κ3) is 2.00. The summed E-state index contributed by atoms with van der Waals surface area (Å²) in [6.45, 7) is 0. The molecule has 0 atom stereocenters. The van der Waals surface area contributed by atoms with E-state index < -0.39 is 0 Å². The van der Waals surface area contributed by atoms with E-state index in [0.29, 0.717) is 21.2 Å². The Kier molecular flexibility index (Phi) is 2.81. The first-order chi connectivity index (χ1) is 8.74.